The van der Waals surface area contributed by atoms with Crippen LogP contribution in [0.4, 0.5) is 15.8 Å². The van der Waals surface area contributed by atoms with E-state index in [-0.39, 0.29) is 33.2 Å². The van der Waals surface area contributed by atoms with Gasteiger partial charge in [0.1, 0.15) is 22.4 Å². The van der Waals surface area contributed by atoms with Gasteiger partial charge in [0.05, 0.1) is 20.5 Å². The number of benzene rings is 2. The molecule has 0 saturated carbocycles. The van der Waals surface area contributed by atoms with Crippen molar-refractivity contribution in [1.29, 1.82) is 0 Å². The summed E-state index contributed by atoms with van der Waals surface area (Å²) in [5.74, 6) is 0.0199. The summed E-state index contributed by atoms with van der Waals surface area (Å²) < 4.78 is 18.9. The number of rotatable bonds is 5. The molecule has 2 heterocycles. The average Bonchev–Trinajstić information content (AvgIpc) is 3.34. The molecule has 2 aromatic carbocycles. The molecule has 0 radical (unpaired) electrons. The first-order valence-electron chi connectivity index (χ1n) is 9.56. The molecule has 1 fully saturated rings. The maximum absolute atomic E-state index is 13.2. The zero-order valence-electron chi connectivity index (χ0n) is 16.9. The molecule has 0 N–H and O–H groups in total. The lowest BCUT2D eigenvalue weighted by molar-refractivity contribution is -0.384. The number of amides is 1. The largest absolute Gasteiger partial charge is 0.457 e. The number of thioether (sulfide) groups is 1. The van der Waals surface area contributed by atoms with E-state index in [0.717, 1.165) is 11.8 Å². The minimum Gasteiger partial charge on any atom is -0.457 e. The number of aliphatic imine (C=N–C) groups is 1. The molecule has 1 aliphatic heterocycles. The summed E-state index contributed by atoms with van der Waals surface area (Å²) in [6.07, 6.45) is 1.56. The Morgan fingerprint density at radius 1 is 1.18 bits per heavy atom. The number of amidine groups is 1. The van der Waals surface area contributed by atoms with Gasteiger partial charge in [-0.25, -0.2) is 9.38 Å². The number of nitrogens with zero attached hydrogens (tertiary/aromatic N) is 3. The van der Waals surface area contributed by atoms with E-state index >= 15 is 0 Å². The summed E-state index contributed by atoms with van der Waals surface area (Å²) in [7, 11) is 0. The van der Waals surface area contributed by atoms with Crippen molar-refractivity contribution in [2.75, 3.05) is 6.54 Å². The summed E-state index contributed by atoms with van der Waals surface area (Å²) in [5.41, 5.74) is 0.524. The highest BCUT2D eigenvalue weighted by Gasteiger charge is 2.32. The van der Waals surface area contributed by atoms with Gasteiger partial charge in [0.2, 0.25) is 0 Å². The van der Waals surface area contributed by atoms with E-state index in [1.807, 2.05) is 6.92 Å². The van der Waals surface area contributed by atoms with Crippen LogP contribution in [-0.4, -0.2) is 27.4 Å². The van der Waals surface area contributed by atoms with E-state index < -0.39 is 4.92 Å². The topological polar surface area (TPSA) is 89.0 Å². The van der Waals surface area contributed by atoms with Crippen LogP contribution in [0.1, 0.15) is 12.7 Å². The standard InChI is InChI=1S/C22H14Cl2FN3O4S/c1-2-27-21(29)20(33-22(27)26-13-5-3-12(25)4-6-13)9-14-7-8-19(32-14)15-10-18(28(30)31)17(24)11-16(15)23/h3-11H,2H2,1H3/b20-9+,26-22?. The van der Waals surface area contributed by atoms with Crippen LogP contribution in [-0.2, 0) is 4.79 Å². The van der Waals surface area contributed by atoms with Crippen LogP contribution in [0.2, 0.25) is 10.0 Å². The van der Waals surface area contributed by atoms with Crippen LogP contribution in [0.25, 0.3) is 17.4 Å². The zero-order valence-corrected chi connectivity index (χ0v) is 19.2. The number of carbonyl (C=O) groups excluding carboxylic acids is 1. The zero-order chi connectivity index (χ0) is 23.7. The van der Waals surface area contributed by atoms with Gasteiger partial charge in [0, 0.05) is 24.3 Å². The van der Waals surface area contributed by atoms with Gasteiger partial charge in [-0.1, -0.05) is 23.2 Å². The third-order valence-corrected chi connectivity index (χ3v) is 6.28. The summed E-state index contributed by atoms with van der Waals surface area (Å²) in [6, 6.07) is 11.4. The fraction of sp³-hybridized carbons (Fsp3) is 0.0909. The molecule has 1 amide bonds. The molecule has 0 spiro atoms. The van der Waals surface area contributed by atoms with Crippen LogP contribution < -0.4 is 0 Å². The number of likely N-dealkylation sites (N-methyl/N-ethyl adjacent to an activating group) is 1. The first-order chi connectivity index (χ1) is 15.8. The van der Waals surface area contributed by atoms with Crippen LogP contribution in [0.3, 0.4) is 0 Å². The first-order valence-corrected chi connectivity index (χ1v) is 11.1. The number of nitro benzene ring substituents is 1. The normalized spacial score (nSPS) is 16.2. The molecule has 33 heavy (non-hydrogen) atoms. The van der Waals surface area contributed by atoms with Crippen molar-refractivity contribution in [2.45, 2.75) is 6.92 Å². The Bertz CT molecular complexity index is 1320. The average molecular weight is 506 g/mol. The van der Waals surface area contributed by atoms with Crippen LogP contribution in [0.5, 0.6) is 0 Å². The highest BCUT2D eigenvalue weighted by atomic mass is 35.5. The van der Waals surface area contributed by atoms with E-state index in [1.54, 1.807) is 18.2 Å². The molecular formula is C22H14Cl2FN3O4S. The monoisotopic (exact) mass is 505 g/mol. The molecule has 3 aromatic rings. The molecule has 1 aliphatic rings. The van der Waals surface area contributed by atoms with Crippen molar-refractivity contribution in [3.8, 4) is 11.3 Å². The third kappa shape index (κ3) is 4.80. The Balaban J connectivity index is 1.64. The molecule has 0 aliphatic carbocycles. The lowest BCUT2D eigenvalue weighted by atomic mass is 10.1. The van der Waals surface area contributed by atoms with E-state index in [1.165, 1.54) is 41.3 Å². The third-order valence-electron chi connectivity index (χ3n) is 4.65. The van der Waals surface area contributed by atoms with Gasteiger partial charge in [0.25, 0.3) is 11.6 Å². The molecule has 0 atom stereocenters. The van der Waals surface area contributed by atoms with E-state index in [4.69, 9.17) is 27.6 Å². The number of hydrogen-bond donors (Lipinski definition) is 0. The SMILES string of the molecule is CCN1C(=O)/C(=C\c2ccc(-c3cc([N+](=O)[O-])c(Cl)cc3Cl)o2)SC1=Nc1ccc(F)cc1. The van der Waals surface area contributed by atoms with Gasteiger partial charge in [-0.05, 0) is 61.2 Å². The molecule has 4 rings (SSSR count). The van der Waals surface area contributed by atoms with Crippen molar-refractivity contribution in [3.63, 3.8) is 0 Å². The summed E-state index contributed by atoms with van der Waals surface area (Å²) in [4.78, 5) is 29.7. The number of furan rings is 1. The number of halogens is 3. The molecular weight excluding hydrogens is 492 g/mol. The minimum atomic E-state index is -0.608. The first kappa shape index (κ1) is 23.0. The molecule has 7 nitrogen and oxygen atoms in total. The van der Waals surface area contributed by atoms with Gasteiger partial charge < -0.3 is 4.42 Å². The Morgan fingerprint density at radius 3 is 2.58 bits per heavy atom. The van der Waals surface area contributed by atoms with Gasteiger partial charge in [0.15, 0.2) is 5.17 Å². The second kappa shape index (κ2) is 9.38. The quantitative estimate of drug-likeness (QED) is 0.213. The number of nitro groups is 1. The smallest absolute Gasteiger partial charge is 0.288 e. The fourth-order valence-electron chi connectivity index (χ4n) is 3.07. The maximum atomic E-state index is 13.2. The predicted octanol–water partition coefficient (Wildman–Crippen LogP) is 6.92. The van der Waals surface area contributed by atoms with E-state index in [9.17, 15) is 19.3 Å². The number of hydrogen-bond acceptors (Lipinski definition) is 6. The van der Waals surface area contributed by atoms with Gasteiger partial charge in [-0.3, -0.25) is 19.8 Å². The second-order valence-electron chi connectivity index (χ2n) is 6.77. The molecule has 168 valence electrons. The van der Waals surface area contributed by atoms with Crippen molar-refractivity contribution < 1.29 is 18.5 Å². The minimum absolute atomic E-state index is 0.0803. The molecule has 0 unspecified atom stereocenters. The van der Waals surface area contributed by atoms with Crippen LogP contribution in [0, 0.1) is 15.9 Å². The van der Waals surface area contributed by atoms with Crippen LogP contribution in [0.15, 0.2) is 62.8 Å². The highest BCUT2D eigenvalue weighted by molar-refractivity contribution is 8.18. The highest BCUT2D eigenvalue weighted by Crippen LogP contribution is 2.39. The lowest BCUT2D eigenvalue weighted by Crippen LogP contribution is -2.28. The van der Waals surface area contributed by atoms with Crippen LogP contribution >= 0.6 is 35.0 Å². The lowest BCUT2D eigenvalue weighted by Gasteiger charge is -2.11. The van der Waals surface area contributed by atoms with E-state index in [2.05, 4.69) is 4.99 Å². The van der Waals surface area contributed by atoms with Crippen molar-refractivity contribution in [3.05, 3.63) is 85.2 Å². The Morgan fingerprint density at radius 2 is 1.91 bits per heavy atom. The van der Waals surface area contributed by atoms with Crippen molar-refractivity contribution in [2.24, 2.45) is 4.99 Å². The van der Waals surface area contributed by atoms with Crippen molar-refractivity contribution >= 4 is 63.5 Å². The summed E-state index contributed by atoms with van der Waals surface area (Å²) >= 11 is 13.2. The molecule has 11 heteroatoms. The van der Waals surface area contributed by atoms with Gasteiger partial charge in [-0.15, -0.1) is 0 Å². The summed E-state index contributed by atoms with van der Waals surface area (Å²) in [6.45, 7) is 2.22. The fourth-order valence-corrected chi connectivity index (χ4v) is 4.65. The van der Waals surface area contributed by atoms with E-state index in [0.29, 0.717) is 33.6 Å². The Labute approximate surface area is 201 Å². The Hall–Kier alpha value is -3.14. The van der Waals surface area contributed by atoms with Gasteiger partial charge >= 0.3 is 0 Å². The molecule has 0 bridgehead atoms. The predicted molar refractivity (Wildman–Crippen MR) is 127 cm³/mol. The maximum Gasteiger partial charge on any atom is 0.288 e. The van der Waals surface area contributed by atoms with Crippen molar-refractivity contribution in [1.82, 2.24) is 4.90 Å². The van der Waals surface area contributed by atoms with Gasteiger partial charge in [-0.2, -0.15) is 0 Å². The summed E-state index contributed by atoms with van der Waals surface area (Å²) in [5, 5.41) is 11.8. The number of carbonyl (C=O) groups is 1. The molecule has 1 saturated heterocycles. The second-order valence-corrected chi connectivity index (χ2v) is 8.60. The Kier molecular flexibility index (Phi) is 6.55. The molecule has 1 aromatic heterocycles.